The van der Waals surface area contributed by atoms with Crippen molar-refractivity contribution in [3.05, 3.63) is 65.2 Å². The van der Waals surface area contributed by atoms with Gasteiger partial charge in [0.2, 0.25) is 0 Å². The van der Waals surface area contributed by atoms with Gasteiger partial charge >= 0.3 is 0 Å². The highest BCUT2D eigenvalue weighted by molar-refractivity contribution is 5.53. The van der Waals surface area contributed by atoms with Crippen LogP contribution in [-0.4, -0.2) is 14.1 Å². The van der Waals surface area contributed by atoms with Crippen LogP contribution in [-0.2, 0) is 0 Å². The van der Waals surface area contributed by atoms with Gasteiger partial charge in [0.05, 0.1) is 11.6 Å². The molecule has 0 aliphatic heterocycles. The molecule has 0 fully saturated rings. The monoisotopic (exact) mass is 366 g/mol. The van der Waals surface area contributed by atoms with Gasteiger partial charge in [0, 0.05) is 30.9 Å². The number of nitrogens with zero attached hydrogens (tertiary/aromatic N) is 2. The molecule has 0 unspecified atom stereocenters. The summed E-state index contributed by atoms with van der Waals surface area (Å²) >= 11 is 0. The quantitative estimate of drug-likeness (QED) is 0.726. The zero-order chi connectivity index (χ0) is 20.7. The Morgan fingerprint density at radius 3 is 1.59 bits per heavy atom. The van der Waals surface area contributed by atoms with Crippen LogP contribution in [0.25, 0.3) is 0 Å². The number of hydrogen-bond donors (Lipinski definition) is 0. The average molecular weight is 366 g/mol. The van der Waals surface area contributed by atoms with E-state index in [1.807, 2.05) is 43.3 Å². The van der Waals surface area contributed by atoms with Crippen LogP contribution < -0.4 is 4.90 Å². The minimum absolute atomic E-state index is 0.596. The Labute approximate surface area is 172 Å². The first kappa shape index (κ1) is 20.4. The molecule has 0 bridgehead atoms. The third kappa shape index (κ3) is 7.89. The molecule has 2 aromatic rings. The van der Waals surface area contributed by atoms with Crippen molar-refractivity contribution in [2.24, 2.45) is 0 Å². The SMILES string of the molecule is CN(C)c1cccc(C#CC#CC#CC#CC#CC#Cc2ccc(C#N)cc2)c1. The lowest BCUT2D eigenvalue weighted by atomic mass is 10.1. The highest BCUT2D eigenvalue weighted by Crippen LogP contribution is 2.12. The Balaban J connectivity index is 1.87. The van der Waals surface area contributed by atoms with Gasteiger partial charge in [0.1, 0.15) is 0 Å². The molecule has 2 rings (SSSR count). The first-order valence-corrected chi connectivity index (χ1v) is 8.48. The largest absolute Gasteiger partial charge is 0.378 e. The summed E-state index contributed by atoms with van der Waals surface area (Å²) < 4.78 is 0. The molecule has 29 heavy (non-hydrogen) atoms. The maximum absolute atomic E-state index is 8.73. The van der Waals surface area contributed by atoms with Crippen LogP contribution in [0.5, 0.6) is 0 Å². The van der Waals surface area contributed by atoms with Crippen LogP contribution >= 0.6 is 0 Å². The van der Waals surface area contributed by atoms with E-state index in [1.54, 1.807) is 24.3 Å². The van der Waals surface area contributed by atoms with Crippen LogP contribution in [0.15, 0.2) is 48.5 Å². The summed E-state index contributed by atoms with van der Waals surface area (Å²) in [7, 11) is 3.96. The van der Waals surface area contributed by atoms with E-state index in [1.165, 1.54) is 0 Å². The molecular formula is C27H14N2. The van der Waals surface area contributed by atoms with Crippen LogP contribution in [0.2, 0.25) is 0 Å². The lowest BCUT2D eigenvalue weighted by Gasteiger charge is -2.11. The van der Waals surface area contributed by atoms with Crippen molar-refractivity contribution < 1.29 is 0 Å². The summed E-state index contributed by atoms with van der Waals surface area (Å²) in [5.74, 6) is 32.2. The Kier molecular flexibility index (Phi) is 8.20. The van der Waals surface area contributed by atoms with Gasteiger partial charge in [0.15, 0.2) is 0 Å². The first-order valence-electron chi connectivity index (χ1n) is 8.48. The average Bonchev–Trinajstić information content (AvgIpc) is 2.75. The Morgan fingerprint density at radius 1 is 0.586 bits per heavy atom. The molecule has 0 aliphatic carbocycles. The Morgan fingerprint density at radius 2 is 1.07 bits per heavy atom. The summed E-state index contributed by atoms with van der Waals surface area (Å²) in [5.41, 5.74) is 3.37. The van der Waals surface area contributed by atoms with Gasteiger partial charge in [-0.1, -0.05) is 17.9 Å². The fourth-order valence-corrected chi connectivity index (χ4v) is 1.95. The Bertz CT molecular complexity index is 1300. The van der Waals surface area contributed by atoms with Crippen molar-refractivity contribution in [3.8, 4) is 77.1 Å². The summed E-state index contributed by atoms with van der Waals surface area (Å²) in [5, 5.41) is 8.73. The fraction of sp³-hybridized carbons (Fsp3) is 0.0741. The maximum atomic E-state index is 8.73. The minimum atomic E-state index is 0.596. The van der Waals surface area contributed by atoms with Crippen LogP contribution in [0.4, 0.5) is 5.69 Å². The van der Waals surface area contributed by atoms with Crippen LogP contribution in [0, 0.1) is 82.4 Å². The van der Waals surface area contributed by atoms with E-state index in [9.17, 15) is 0 Å². The van der Waals surface area contributed by atoms with E-state index in [-0.39, 0.29) is 0 Å². The summed E-state index contributed by atoms with van der Waals surface area (Å²) in [6, 6.07) is 16.9. The smallest absolute Gasteiger partial charge is 0.0991 e. The molecule has 0 spiro atoms. The van der Waals surface area contributed by atoms with E-state index in [4.69, 9.17) is 5.26 Å². The second kappa shape index (κ2) is 11.7. The maximum Gasteiger partial charge on any atom is 0.0991 e. The molecule has 0 N–H and O–H groups in total. The first-order chi connectivity index (χ1) is 14.2. The van der Waals surface area contributed by atoms with Gasteiger partial charge in [-0.25, -0.2) is 0 Å². The molecule has 0 radical (unpaired) electrons. The topological polar surface area (TPSA) is 27.0 Å². The highest BCUT2D eigenvalue weighted by atomic mass is 15.1. The van der Waals surface area contributed by atoms with Crippen molar-refractivity contribution in [1.82, 2.24) is 0 Å². The summed E-state index contributed by atoms with van der Waals surface area (Å²) in [6.07, 6.45) is 0. The van der Waals surface area contributed by atoms with Gasteiger partial charge in [0.25, 0.3) is 0 Å². The van der Waals surface area contributed by atoms with Crippen LogP contribution in [0.1, 0.15) is 16.7 Å². The molecule has 132 valence electrons. The molecule has 0 saturated heterocycles. The van der Waals surface area contributed by atoms with Crippen molar-refractivity contribution >= 4 is 5.69 Å². The third-order valence-electron chi connectivity index (χ3n) is 3.35. The van der Waals surface area contributed by atoms with Gasteiger partial charge in [-0.3, -0.25) is 0 Å². The number of anilines is 1. The highest BCUT2D eigenvalue weighted by Gasteiger charge is 1.94. The van der Waals surface area contributed by atoms with E-state index in [0.717, 1.165) is 16.8 Å². The summed E-state index contributed by atoms with van der Waals surface area (Å²) in [6.45, 7) is 0. The minimum Gasteiger partial charge on any atom is -0.378 e. The third-order valence-corrected chi connectivity index (χ3v) is 3.35. The zero-order valence-corrected chi connectivity index (χ0v) is 16.0. The molecule has 2 aromatic carbocycles. The lowest BCUT2D eigenvalue weighted by molar-refractivity contribution is 1.13. The molecule has 0 saturated carbocycles. The molecule has 0 heterocycles. The molecule has 2 nitrogen and oxygen atoms in total. The molecule has 0 amide bonds. The van der Waals surface area contributed by atoms with Gasteiger partial charge in [-0.05, 0) is 102 Å². The van der Waals surface area contributed by atoms with Crippen molar-refractivity contribution in [1.29, 1.82) is 5.26 Å². The van der Waals surface area contributed by atoms with E-state index in [2.05, 4.69) is 77.1 Å². The van der Waals surface area contributed by atoms with Crippen LogP contribution in [0.3, 0.4) is 0 Å². The van der Waals surface area contributed by atoms with E-state index >= 15 is 0 Å². The van der Waals surface area contributed by atoms with Gasteiger partial charge in [-0.15, -0.1) is 0 Å². The molecule has 2 heteroatoms. The van der Waals surface area contributed by atoms with Gasteiger partial charge in [-0.2, -0.15) is 5.26 Å². The summed E-state index contributed by atoms with van der Waals surface area (Å²) in [4.78, 5) is 2.02. The van der Waals surface area contributed by atoms with Gasteiger partial charge < -0.3 is 4.90 Å². The predicted octanol–water partition coefficient (Wildman–Crippen LogP) is 3.04. The second-order valence-electron chi connectivity index (χ2n) is 5.63. The van der Waals surface area contributed by atoms with E-state index < -0.39 is 0 Å². The fourth-order valence-electron chi connectivity index (χ4n) is 1.95. The lowest BCUT2D eigenvalue weighted by Crippen LogP contribution is -2.08. The zero-order valence-electron chi connectivity index (χ0n) is 16.0. The van der Waals surface area contributed by atoms with Crippen molar-refractivity contribution in [2.75, 3.05) is 19.0 Å². The second-order valence-corrected chi connectivity index (χ2v) is 5.63. The number of nitriles is 1. The molecule has 0 aromatic heterocycles. The standard InChI is InChI=1S/C27H14N2/c1-29(2)27-17-13-16-25(22-27)15-12-10-8-6-4-3-5-7-9-11-14-24-18-20-26(23-28)21-19-24/h13,16-22H,1-2H3. The van der Waals surface area contributed by atoms with E-state index in [0.29, 0.717) is 5.56 Å². The normalized spacial score (nSPS) is 7.34. The number of rotatable bonds is 1. The number of benzene rings is 2. The number of hydrogen-bond acceptors (Lipinski definition) is 2. The predicted molar refractivity (Wildman–Crippen MR) is 117 cm³/mol. The van der Waals surface area contributed by atoms with Crippen molar-refractivity contribution in [3.63, 3.8) is 0 Å². The molecular weight excluding hydrogens is 352 g/mol. The Hall–Kier alpha value is -4.91. The van der Waals surface area contributed by atoms with Crippen molar-refractivity contribution in [2.45, 2.75) is 0 Å². The molecule has 0 aliphatic rings. The molecule has 0 atom stereocenters.